The van der Waals surface area contributed by atoms with Gasteiger partial charge in [-0.3, -0.25) is 9.59 Å². The van der Waals surface area contributed by atoms with Crippen LogP contribution in [0, 0.1) is 11.8 Å². The van der Waals surface area contributed by atoms with E-state index in [0.717, 1.165) is 16.7 Å². The Labute approximate surface area is 229 Å². The van der Waals surface area contributed by atoms with Gasteiger partial charge in [0.05, 0.1) is 20.2 Å². The Morgan fingerprint density at radius 3 is 2.36 bits per heavy atom. The predicted molar refractivity (Wildman–Crippen MR) is 145 cm³/mol. The highest BCUT2D eigenvalue weighted by molar-refractivity contribution is 6.43. The van der Waals surface area contributed by atoms with Crippen LogP contribution in [-0.2, 0) is 28.9 Å². The summed E-state index contributed by atoms with van der Waals surface area (Å²) in [5.74, 6) is 0.229. The van der Waals surface area contributed by atoms with Crippen LogP contribution in [0.15, 0.2) is 30.3 Å². The molecule has 2 unspecified atom stereocenters. The Morgan fingerprint density at radius 2 is 1.72 bits per heavy atom. The Kier molecular flexibility index (Phi) is 9.24. The third-order valence-electron chi connectivity index (χ3n) is 7.24. The van der Waals surface area contributed by atoms with Gasteiger partial charge in [0.15, 0.2) is 11.5 Å². The van der Waals surface area contributed by atoms with Crippen LogP contribution < -0.4 is 29.6 Å². The van der Waals surface area contributed by atoms with Crippen molar-refractivity contribution in [2.75, 3.05) is 21.0 Å². The molecule has 2 amide bonds. The molecule has 4 rings (SSSR count). The number of amides is 2. The Bertz CT molecular complexity index is 1170. The molecule has 0 saturated heterocycles. The summed E-state index contributed by atoms with van der Waals surface area (Å²) in [6, 6.07) is 8.49. The molecule has 3 atom stereocenters. The molecule has 2 aromatic carbocycles. The largest absolute Gasteiger partial charge is 0.492 e. The molecule has 210 valence electrons. The van der Waals surface area contributed by atoms with Gasteiger partial charge in [-0.25, -0.2) is 0 Å². The predicted octanol–water partition coefficient (Wildman–Crippen LogP) is 1.81. The fraction of sp³-hybridized carbons (Fsp3) is 0.500. The number of methoxy groups -OCH3 is 2. The Hall–Kier alpha value is -3.44. The van der Waals surface area contributed by atoms with Gasteiger partial charge in [-0.2, -0.15) is 0 Å². The zero-order chi connectivity index (χ0) is 28.1. The van der Waals surface area contributed by atoms with Crippen LogP contribution in [0.25, 0.3) is 0 Å². The van der Waals surface area contributed by atoms with Crippen molar-refractivity contribution in [2.24, 2.45) is 11.8 Å². The van der Waals surface area contributed by atoms with Crippen LogP contribution in [-0.4, -0.2) is 62.0 Å². The quantitative estimate of drug-likeness (QED) is 0.317. The summed E-state index contributed by atoms with van der Waals surface area (Å²) in [4.78, 5) is 26.9. The topological polar surface area (TPSA) is 136 Å². The van der Waals surface area contributed by atoms with Crippen LogP contribution in [0.4, 0.5) is 0 Å². The van der Waals surface area contributed by atoms with Gasteiger partial charge < -0.3 is 39.6 Å². The number of carbonyl (C=O) groups excluding carboxylic acids is 2. The number of nitrogens with one attached hydrogen (secondary N) is 2. The number of fused-ring (bicyclic) bond motifs is 3. The van der Waals surface area contributed by atoms with E-state index in [1.54, 1.807) is 14.2 Å². The molecule has 0 fully saturated rings. The van der Waals surface area contributed by atoms with Gasteiger partial charge in [0, 0.05) is 23.5 Å². The molecule has 10 nitrogen and oxygen atoms in total. The Morgan fingerprint density at radius 1 is 1.03 bits per heavy atom. The fourth-order valence-corrected chi connectivity index (χ4v) is 5.35. The van der Waals surface area contributed by atoms with Gasteiger partial charge >= 0.3 is 7.12 Å². The van der Waals surface area contributed by atoms with E-state index < -0.39 is 30.9 Å². The van der Waals surface area contributed by atoms with Crippen LogP contribution in [0.2, 0.25) is 0 Å². The average molecular weight is 540 g/mol. The van der Waals surface area contributed by atoms with Crippen molar-refractivity contribution in [3.05, 3.63) is 47.0 Å². The zero-order valence-corrected chi connectivity index (χ0v) is 22.9. The van der Waals surface area contributed by atoms with E-state index >= 15 is 0 Å². The number of rotatable bonds is 11. The molecule has 39 heavy (non-hydrogen) atoms. The lowest BCUT2D eigenvalue weighted by molar-refractivity contribution is -0.131. The van der Waals surface area contributed by atoms with E-state index in [1.807, 2.05) is 44.2 Å². The van der Waals surface area contributed by atoms with E-state index in [-0.39, 0.29) is 25.0 Å². The van der Waals surface area contributed by atoms with Crippen molar-refractivity contribution < 1.29 is 38.6 Å². The third-order valence-corrected chi connectivity index (χ3v) is 7.24. The summed E-state index contributed by atoms with van der Waals surface area (Å²) in [5.41, 5.74) is 2.64. The van der Waals surface area contributed by atoms with Gasteiger partial charge in [0.1, 0.15) is 6.04 Å². The Balaban J connectivity index is 1.55. The zero-order valence-electron chi connectivity index (χ0n) is 22.9. The molecule has 0 saturated carbocycles. The standard InChI is InChI=1S/C28H37BN2O8/c1-16(2)12-22(29(34)35)31-28(33)21(13-17-8-6-5-7-9-17)30-27(32)18-10-11-19-20(14-18)24-26(39-15-38-24)25(37-4)23(19)36-3/h5-9,16,18,21-22,34-35H,10-15H2,1-4H3,(H,30,32)(H,31,33)/t18?,21-,22?/m0/s1. The summed E-state index contributed by atoms with van der Waals surface area (Å²) in [6.07, 6.45) is 2.13. The van der Waals surface area contributed by atoms with E-state index in [2.05, 4.69) is 10.6 Å². The molecule has 4 N–H and O–H groups in total. The van der Waals surface area contributed by atoms with E-state index in [1.165, 1.54) is 0 Å². The van der Waals surface area contributed by atoms with Crippen molar-refractivity contribution in [1.29, 1.82) is 0 Å². The monoisotopic (exact) mass is 540 g/mol. The first-order chi connectivity index (χ1) is 18.7. The molecule has 11 heteroatoms. The summed E-state index contributed by atoms with van der Waals surface area (Å²) in [6.45, 7) is 3.92. The highest BCUT2D eigenvalue weighted by Crippen LogP contribution is 2.54. The second kappa shape index (κ2) is 12.6. The number of hydrogen-bond acceptors (Lipinski definition) is 8. The van der Waals surface area contributed by atoms with Gasteiger partial charge in [0.2, 0.25) is 30.1 Å². The molecule has 0 aromatic heterocycles. The van der Waals surface area contributed by atoms with Crippen molar-refractivity contribution in [3.63, 3.8) is 0 Å². The molecule has 1 aliphatic heterocycles. The van der Waals surface area contributed by atoms with Crippen molar-refractivity contribution in [1.82, 2.24) is 10.6 Å². The summed E-state index contributed by atoms with van der Waals surface area (Å²) in [5, 5.41) is 25.3. The number of benzene rings is 2. The maximum absolute atomic E-state index is 13.6. The van der Waals surface area contributed by atoms with Crippen LogP contribution >= 0.6 is 0 Å². The minimum absolute atomic E-state index is 0.0513. The van der Waals surface area contributed by atoms with Crippen molar-refractivity contribution in [3.8, 4) is 23.0 Å². The first-order valence-electron chi connectivity index (χ1n) is 13.3. The summed E-state index contributed by atoms with van der Waals surface area (Å²) >= 11 is 0. The van der Waals surface area contributed by atoms with Crippen molar-refractivity contribution in [2.45, 2.75) is 57.9 Å². The molecule has 1 heterocycles. The highest BCUT2D eigenvalue weighted by atomic mass is 16.7. The first kappa shape index (κ1) is 28.6. The lowest BCUT2D eigenvalue weighted by atomic mass is 9.75. The third kappa shape index (κ3) is 6.42. The van der Waals surface area contributed by atoms with Crippen LogP contribution in [0.5, 0.6) is 23.0 Å². The lowest BCUT2D eigenvalue weighted by Gasteiger charge is -2.29. The minimum Gasteiger partial charge on any atom is -0.492 e. The maximum Gasteiger partial charge on any atom is 0.475 e. The normalized spacial score (nSPS) is 17.2. The average Bonchev–Trinajstić information content (AvgIpc) is 3.41. The maximum atomic E-state index is 13.6. The summed E-state index contributed by atoms with van der Waals surface area (Å²) in [7, 11) is 1.41. The fourth-order valence-electron chi connectivity index (χ4n) is 5.35. The number of hydrogen-bond donors (Lipinski definition) is 4. The van der Waals surface area contributed by atoms with Crippen LogP contribution in [0.3, 0.4) is 0 Å². The second-order valence-corrected chi connectivity index (χ2v) is 10.4. The molecular weight excluding hydrogens is 503 g/mol. The minimum atomic E-state index is -1.71. The smallest absolute Gasteiger partial charge is 0.475 e. The van der Waals surface area contributed by atoms with Gasteiger partial charge in [-0.1, -0.05) is 44.2 Å². The molecule has 1 aliphatic carbocycles. The summed E-state index contributed by atoms with van der Waals surface area (Å²) < 4.78 is 22.6. The molecule has 0 bridgehead atoms. The molecular formula is C28H37BN2O8. The van der Waals surface area contributed by atoms with Crippen LogP contribution in [0.1, 0.15) is 43.4 Å². The number of carbonyl (C=O) groups is 2. The first-order valence-corrected chi connectivity index (χ1v) is 13.3. The van der Waals surface area contributed by atoms with Gasteiger partial charge in [0.25, 0.3) is 0 Å². The highest BCUT2D eigenvalue weighted by Gasteiger charge is 2.37. The molecule has 2 aromatic rings. The molecule has 0 radical (unpaired) electrons. The van der Waals surface area contributed by atoms with Gasteiger partial charge in [-0.15, -0.1) is 0 Å². The number of ether oxygens (including phenoxy) is 4. The van der Waals surface area contributed by atoms with Crippen molar-refractivity contribution >= 4 is 18.9 Å². The SMILES string of the molecule is COc1c2c(c3c(c1OC)OCO3)CC(C(=O)N[C@@H](Cc1ccccc1)C(=O)NC(CC(C)C)B(O)O)CC2. The van der Waals surface area contributed by atoms with E-state index in [9.17, 15) is 19.6 Å². The second-order valence-electron chi connectivity index (χ2n) is 10.4. The van der Waals surface area contributed by atoms with E-state index in [4.69, 9.17) is 18.9 Å². The lowest BCUT2D eigenvalue weighted by Crippen LogP contribution is -2.55. The molecule has 0 spiro atoms. The van der Waals surface area contributed by atoms with E-state index in [0.29, 0.717) is 48.7 Å². The van der Waals surface area contributed by atoms with Gasteiger partial charge in [-0.05, 0) is 37.2 Å². The molecule has 2 aliphatic rings.